The molecule has 0 aliphatic heterocycles. The predicted molar refractivity (Wildman–Crippen MR) is 123 cm³/mol. The van der Waals surface area contributed by atoms with Gasteiger partial charge in [0.1, 0.15) is 5.76 Å². The molecule has 1 aromatic heterocycles. The lowest BCUT2D eigenvalue weighted by atomic mass is 10.1. The minimum atomic E-state index is -0.131. The van der Waals surface area contributed by atoms with Gasteiger partial charge < -0.3 is 20.0 Å². The molecule has 7 heteroatoms. The number of amides is 3. The van der Waals surface area contributed by atoms with E-state index >= 15 is 0 Å². The standard InChI is InChI=1S/C26H27N3O4/c1-18(30)27-15-19-4-10-22(11-5-19)26(32)29(17-24-3-2-14-33-24)16-20-6-8-21(9-7-20)25(31)28-23-12-13-23/h2-11,14,23H,12-13,15-17H2,1H3,(H,27,30)(H,28,31). The molecular weight excluding hydrogens is 418 g/mol. The topological polar surface area (TPSA) is 91.7 Å². The van der Waals surface area contributed by atoms with Crippen LogP contribution in [0.15, 0.2) is 71.3 Å². The Bertz CT molecular complexity index is 1100. The van der Waals surface area contributed by atoms with Crippen molar-refractivity contribution in [2.45, 2.75) is 45.4 Å². The van der Waals surface area contributed by atoms with Crippen molar-refractivity contribution < 1.29 is 18.8 Å². The summed E-state index contributed by atoms with van der Waals surface area (Å²) >= 11 is 0. The van der Waals surface area contributed by atoms with E-state index < -0.39 is 0 Å². The maximum absolute atomic E-state index is 13.3. The van der Waals surface area contributed by atoms with Crippen molar-refractivity contribution in [3.63, 3.8) is 0 Å². The number of hydrogen-bond acceptors (Lipinski definition) is 4. The van der Waals surface area contributed by atoms with Gasteiger partial charge in [0.2, 0.25) is 5.91 Å². The third-order valence-corrected chi connectivity index (χ3v) is 5.46. The smallest absolute Gasteiger partial charge is 0.254 e. The zero-order valence-corrected chi connectivity index (χ0v) is 18.5. The van der Waals surface area contributed by atoms with E-state index in [0.29, 0.717) is 42.6 Å². The highest BCUT2D eigenvalue weighted by molar-refractivity contribution is 5.95. The predicted octanol–water partition coefficient (Wildman–Crippen LogP) is 3.65. The van der Waals surface area contributed by atoms with E-state index in [9.17, 15) is 14.4 Å². The van der Waals surface area contributed by atoms with Crippen molar-refractivity contribution >= 4 is 17.7 Å². The number of benzene rings is 2. The Kier molecular flexibility index (Phi) is 6.88. The summed E-state index contributed by atoms with van der Waals surface area (Å²) in [5.74, 6) is 0.391. The lowest BCUT2D eigenvalue weighted by Crippen LogP contribution is -2.30. The maximum Gasteiger partial charge on any atom is 0.254 e. The van der Waals surface area contributed by atoms with Crippen LogP contribution < -0.4 is 10.6 Å². The Morgan fingerprint density at radius 2 is 1.58 bits per heavy atom. The number of nitrogens with zero attached hydrogens (tertiary/aromatic N) is 1. The van der Waals surface area contributed by atoms with Crippen LogP contribution >= 0.6 is 0 Å². The van der Waals surface area contributed by atoms with Crippen LogP contribution in [0.4, 0.5) is 0 Å². The summed E-state index contributed by atoms with van der Waals surface area (Å²) in [5, 5.41) is 5.73. The molecule has 0 radical (unpaired) electrons. The molecule has 3 aromatic rings. The normalized spacial score (nSPS) is 12.8. The molecule has 1 aliphatic carbocycles. The highest BCUT2D eigenvalue weighted by Gasteiger charge is 2.24. The number of carbonyl (C=O) groups excluding carboxylic acids is 3. The Hall–Kier alpha value is -3.87. The van der Waals surface area contributed by atoms with Gasteiger partial charge in [0.25, 0.3) is 11.8 Å². The van der Waals surface area contributed by atoms with Crippen molar-refractivity contribution in [3.05, 3.63) is 94.9 Å². The average molecular weight is 446 g/mol. The summed E-state index contributed by atoms with van der Waals surface area (Å²) in [7, 11) is 0. The third kappa shape index (κ3) is 6.32. The second-order valence-corrected chi connectivity index (χ2v) is 8.29. The number of nitrogens with one attached hydrogen (secondary N) is 2. The van der Waals surface area contributed by atoms with Crippen LogP contribution in [0.3, 0.4) is 0 Å². The number of carbonyl (C=O) groups is 3. The molecule has 2 aromatic carbocycles. The van der Waals surface area contributed by atoms with Gasteiger partial charge in [-0.3, -0.25) is 14.4 Å². The largest absolute Gasteiger partial charge is 0.467 e. The Morgan fingerprint density at radius 3 is 2.18 bits per heavy atom. The second kappa shape index (κ2) is 10.2. The van der Waals surface area contributed by atoms with Gasteiger partial charge in [-0.2, -0.15) is 0 Å². The molecule has 0 saturated heterocycles. The summed E-state index contributed by atoms with van der Waals surface area (Å²) < 4.78 is 5.47. The van der Waals surface area contributed by atoms with E-state index in [1.165, 1.54) is 6.92 Å². The Morgan fingerprint density at radius 1 is 0.909 bits per heavy atom. The molecule has 2 N–H and O–H groups in total. The van der Waals surface area contributed by atoms with E-state index in [0.717, 1.165) is 24.0 Å². The van der Waals surface area contributed by atoms with Crippen LogP contribution in [-0.2, 0) is 24.4 Å². The van der Waals surface area contributed by atoms with Gasteiger partial charge >= 0.3 is 0 Å². The first-order valence-electron chi connectivity index (χ1n) is 11.0. The molecule has 1 fully saturated rings. The Labute approximate surface area is 192 Å². The molecule has 0 atom stereocenters. The quantitative estimate of drug-likeness (QED) is 0.526. The molecule has 7 nitrogen and oxygen atoms in total. The highest BCUT2D eigenvalue weighted by Crippen LogP contribution is 2.20. The van der Waals surface area contributed by atoms with Gasteiger partial charge in [-0.15, -0.1) is 0 Å². The first kappa shape index (κ1) is 22.3. The molecule has 0 unspecified atom stereocenters. The van der Waals surface area contributed by atoms with Crippen molar-refractivity contribution in [1.82, 2.24) is 15.5 Å². The van der Waals surface area contributed by atoms with Gasteiger partial charge in [-0.25, -0.2) is 0 Å². The van der Waals surface area contributed by atoms with E-state index in [2.05, 4.69) is 10.6 Å². The molecule has 0 bridgehead atoms. The fraction of sp³-hybridized carbons (Fsp3) is 0.269. The molecule has 4 rings (SSSR count). The van der Waals surface area contributed by atoms with Crippen LogP contribution in [0.5, 0.6) is 0 Å². The van der Waals surface area contributed by atoms with Crippen LogP contribution in [-0.4, -0.2) is 28.7 Å². The monoisotopic (exact) mass is 445 g/mol. The molecule has 33 heavy (non-hydrogen) atoms. The lowest BCUT2D eigenvalue weighted by Gasteiger charge is -2.22. The molecule has 3 amide bonds. The molecule has 0 spiro atoms. The first-order valence-corrected chi connectivity index (χ1v) is 11.0. The fourth-order valence-corrected chi connectivity index (χ4v) is 3.44. The zero-order valence-electron chi connectivity index (χ0n) is 18.5. The van der Waals surface area contributed by atoms with Crippen molar-refractivity contribution in [2.75, 3.05) is 0 Å². The van der Waals surface area contributed by atoms with Gasteiger partial charge in [0, 0.05) is 37.2 Å². The minimum Gasteiger partial charge on any atom is -0.467 e. The van der Waals surface area contributed by atoms with Crippen LogP contribution in [0.2, 0.25) is 0 Å². The lowest BCUT2D eigenvalue weighted by molar-refractivity contribution is -0.119. The zero-order chi connectivity index (χ0) is 23.2. The van der Waals surface area contributed by atoms with Crippen LogP contribution in [0, 0.1) is 0 Å². The van der Waals surface area contributed by atoms with E-state index in [1.54, 1.807) is 41.5 Å². The van der Waals surface area contributed by atoms with Gasteiger partial charge in [-0.1, -0.05) is 24.3 Å². The Balaban J connectivity index is 1.47. The van der Waals surface area contributed by atoms with Crippen molar-refractivity contribution in [1.29, 1.82) is 0 Å². The third-order valence-electron chi connectivity index (χ3n) is 5.46. The summed E-state index contributed by atoms with van der Waals surface area (Å²) in [5.41, 5.74) is 3.00. The SMILES string of the molecule is CC(=O)NCc1ccc(C(=O)N(Cc2ccc(C(=O)NC3CC3)cc2)Cc2ccco2)cc1. The first-order chi connectivity index (χ1) is 16.0. The molecular formula is C26H27N3O4. The highest BCUT2D eigenvalue weighted by atomic mass is 16.3. The van der Waals surface area contributed by atoms with Gasteiger partial charge in [-0.05, 0) is 60.4 Å². The van der Waals surface area contributed by atoms with Crippen LogP contribution in [0.1, 0.15) is 57.4 Å². The van der Waals surface area contributed by atoms with Gasteiger partial charge in [0.05, 0.1) is 12.8 Å². The van der Waals surface area contributed by atoms with Gasteiger partial charge in [0.15, 0.2) is 0 Å². The summed E-state index contributed by atoms with van der Waals surface area (Å²) in [6.45, 7) is 2.58. The minimum absolute atomic E-state index is 0.0630. The number of rotatable bonds is 9. The number of furan rings is 1. The molecule has 170 valence electrons. The van der Waals surface area contributed by atoms with Crippen molar-refractivity contribution in [2.24, 2.45) is 0 Å². The summed E-state index contributed by atoms with van der Waals surface area (Å²) in [6.07, 6.45) is 3.67. The molecule has 1 aliphatic rings. The van der Waals surface area contributed by atoms with E-state index in [1.807, 2.05) is 30.3 Å². The fourth-order valence-electron chi connectivity index (χ4n) is 3.44. The average Bonchev–Trinajstić information content (AvgIpc) is 3.48. The van der Waals surface area contributed by atoms with E-state index in [4.69, 9.17) is 4.42 Å². The molecule has 1 saturated carbocycles. The second-order valence-electron chi connectivity index (χ2n) is 8.29. The molecule has 1 heterocycles. The summed E-state index contributed by atoms with van der Waals surface area (Å²) in [6, 6.07) is 18.5. The van der Waals surface area contributed by atoms with E-state index in [-0.39, 0.29) is 17.7 Å². The number of hydrogen-bond donors (Lipinski definition) is 2. The summed E-state index contributed by atoms with van der Waals surface area (Å²) in [4.78, 5) is 38.4. The maximum atomic E-state index is 13.3. The van der Waals surface area contributed by atoms with Crippen LogP contribution in [0.25, 0.3) is 0 Å². The van der Waals surface area contributed by atoms with Crippen molar-refractivity contribution in [3.8, 4) is 0 Å².